The third-order valence-electron chi connectivity index (χ3n) is 6.43. The molecule has 0 spiro atoms. The molecule has 1 aromatic carbocycles. The van der Waals surface area contributed by atoms with E-state index < -0.39 is 61.3 Å². The second-order valence-corrected chi connectivity index (χ2v) is 12.5. The van der Waals surface area contributed by atoms with Crippen LogP contribution in [0.15, 0.2) is 29.4 Å². The van der Waals surface area contributed by atoms with Crippen molar-refractivity contribution in [3.05, 3.63) is 34.7 Å². The summed E-state index contributed by atoms with van der Waals surface area (Å²) in [5.41, 5.74) is 9.13. The van der Waals surface area contributed by atoms with Crippen LogP contribution in [0.4, 0.5) is 4.79 Å². The zero-order valence-corrected chi connectivity index (χ0v) is 25.1. The minimum Gasteiger partial charge on any atom is -0.497 e. The standard InChI is InChI=1S/C23H32BrN6O9P/c1-6-17(31)13(2)28-40(34,39-15-9-7-14(35-4)8-10-15)37-12-18-16(27-29-25)11-19(38-18)30-21(36-5)23(3,24)20(32)26-22(30)33/h7-10,13,16,18-19,21H,6,11-12H2,1-5H3,(H,28,34)(H,26,32,33)/t13-,16?,18+,19+,21+,23-,40?/m0/s1. The summed E-state index contributed by atoms with van der Waals surface area (Å²) in [5, 5.41) is 8.64. The lowest BCUT2D eigenvalue weighted by molar-refractivity contribution is -0.152. The number of rotatable bonds is 13. The molecule has 2 aliphatic rings. The number of urea groups is 1. The Hall–Kier alpha value is -2.71. The number of carbonyl (C=O) groups excluding carboxylic acids is 3. The molecule has 1 aromatic rings. The third kappa shape index (κ3) is 7.13. The Morgan fingerprint density at radius 2 is 2.00 bits per heavy atom. The van der Waals surface area contributed by atoms with E-state index in [1.165, 1.54) is 45.1 Å². The summed E-state index contributed by atoms with van der Waals surface area (Å²) < 4.78 is 40.5. The van der Waals surface area contributed by atoms with Crippen LogP contribution >= 0.6 is 23.7 Å². The van der Waals surface area contributed by atoms with Crippen molar-refractivity contribution < 1.29 is 42.2 Å². The van der Waals surface area contributed by atoms with E-state index >= 15 is 0 Å². The van der Waals surface area contributed by atoms with Crippen LogP contribution in [0.2, 0.25) is 0 Å². The lowest BCUT2D eigenvalue weighted by Crippen LogP contribution is -2.69. The van der Waals surface area contributed by atoms with E-state index in [9.17, 15) is 18.9 Å². The Kier molecular flexibility index (Phi) is 10.6. The van der Waals surface area contributed by atoms with Gasteiger partial charge in [0.1, 0.15) is 27.8 Å². The van der Waals surface area contributed by atoms with E-state index in [1.807, 2.05) is 0 Å². The molecule has 0 aromatic heterocycles. The number of imide groups is 1. The number of nitrogens with zero attached hydrogens (tertiary/aromatic N) is 4. The number of Topliss-reactive ketones (excluding diaryl/α,β-unsaturated/α-hetero) is 1. The van der Waals surface area contributed by atoms with Gasteiger partial charge in [-0.15, -0.1) is 0 Å². The summed E-state index contributed by atoms with van der Waals surface area (Å²) >= 11 is 3.31. The maximum atomic E-state index is 13.8. The molecule has 7 atom stereocenters. The molecule has 17 heteroatoms. The fourth-order valence-electron chi connectivity index (χ4n) is 4.26. The van der Waals surface area contributed by atoms with E-state index in [1.54, 1.807) is 19.1 Å². The SMILES string of the molecule is CCC(=O)[C@H](C)NP(=O)(OC[C@H]1O[C@@H](N2C(=O)NC(=O)[C@](C)(Br)[C@H]2OC)CC1N=[N+]=[N-])Oc1ccc(OC)cc1. The average Bonchev–Trinajstić information content (AvgIpc) is 3.31. The van der Waals surface area contributed by atoms with Crippen LogP contribution in [0.5, 0.6) is 11.5 Å². The zero-order chi connectivity index (χ0) is 29.7. The summed E-state index contributed by atoms with van der Waals surface area (Å²) in [5.74, 6) is -0.0896. The van der Waals surface area contributed by atoms with Crippen LogP contribution in [0.1, 0.15) is 33.6 Å². The van der Waals surface area contributed by atoms with Crippen molar-refractivity contribution in [2.45, 2.75) is 68.6 Å². The van der Waals surface area contributed by atoms with Gasteiger partial charge in [-0.05, 0) is 43.6 Å². The van der Waals surface area contributed by atoms with E-state index in [0.717, 1.165) is 0 Å². The van der Waals surface area contributed by atoms with E-state index in [2.05, 4.69) is 36.4 Å². The molecular formula is C23H32BrN6O9P. The van der Waals surface area contributed by atoms with Crippen molar-refractivity contribution >= 4 is 41.4 Å². The van der Waals surface area contributed by atoms with Crippen molar-refractivity contribution in [2.24, 2.45) is 5.11 Å². The third-order valence-corrected chi connectivity index (χ3v) is 8.83. The number of nitrogens with one attached hydrogen (secondary N) is 2. The number of ketones is 1. The molecular weight excluding hydrogens is 615 g/mol. The predicted molar refractivity (Wildman–Crippen MR) is 145 cm³/mol. The van der Waals surface area contributed by atoms with Gasteiger partial charge in [0.2, 0.25) is 5.91 Å². The molecule has 2 heterocycles. The zero-order valence-electron chi connectivity index (χ0n) is 22.6. The van der Waals surface area contributed by atoms with Gasteiger partial charge in [0, 0.05) is 24.9 Å². The quantitative estimate of drug-likeness (QED) is 0.105. The molecule has 2 aliphatic heterocycles. The molecule has 3 amide bonds. The van der Waals surface area contributed by atoms with Crippen molar-refractivity contribution in [1.82, 2.24) is 15.3 Å². The molecule has 0 bridgehead atoms. The van der Waals surface area contributed by atoms with Crippen LogP contribution in [-0.2, 0) is 28.2 Å². The highest BCUT2D eigenvalue weighted by atomic mass is 79.9. The summed E-state index contributed by atoms with van der Waals surface area (Å²) in [7, 11) is -1.36. The molecule has 220 valence electrons. The Balaban J connectivity index is 1.82. The molecule has 3 rings (SSSR count). The highest BCUT2D eigenvalue weighted by molar-refractivity contribution is 9.10. The predicted octanol–water partition coefficient (Wildman–Crippen LogP) is 3.63. The van der Waals surface area contributed by atoms with Gasteiger partial charge in [0.15, 0.2) is 6.23 Å². The smallest absolute Gasteiger partial charge is 0.459 e. The summed E-state index contributed by atoms with van der Waals surface area (Å²) in [6.45, 7) is 4.34. The second kappa shape index (κ2) is 13.3. The van der Waals surface area contributed by atoms with E-state index in [4.69, 9.17) is 28.8 Å². The molecule has 40 heavy (non-hydrogen) atoms. The van der Waals surface area contributed by atoms with Crippen molar-refractivity contribution in [2.75, 3.05) is 20.8 Å². The number of hydrogen-bond donors (Lipinski definition) is 2. The van der Waals surface area contributed by atoms with Crippen LogP contribution in [-0.4, -0.2) is 78.4 Å². The Morgan fingerprint density at radius 1 is 1.35 bits per heavy atom. The first-order valence-electron chi connectivity index (χ1n) is 12.3. The Morgan fingerprint density at radius 3 is 2.58 bits per heavy atom. The average molecular weight is 647 g/mol. The topological polar surface area (TPSA) is 190 Å². The Labute approximate surface area is 239 Å². The van der Waals surface area contributed by atoms with Crippen molar-refractivity contribution in [1.29, 1.82) is 0 Å². The van der Waals surface area contributed by atoms with Gasteiger partial charge in [0.25, 0.3) is 0 Å². The molecule has 2 fully saturated rings. The molecule has 2 N–H and O–H groups in total. The monoisotopic (exact) mass is 646 g/mol. The lowest BCUT2D eigenvalue weighted by Gasteiger charge is -2.44. The highest BCUT2D eigenvalue weighted by Gasteiger charge is 2.54. The summed E-state index contributed by atoms with van der Waals surface area (Å²) in [6.07, 6.45) is -2.80. The van der Waals surface area contributed by atoms with Crippen molar-refractivity contribution in [3.63, 3.8) is 0 Å². The van der Waals surface area contributed by atoms with Gasteiger partial charge in [0.05, 0.1) is 31.9 Å². The normalized spacial score (nSPS) is 28.7. The number of methoxy groups -OCH3 is 2. The van der Waals surface area contributed by atoms with Gasteiger partial charge >= 0.3 is 13.8 Å². The fraction of sp³-hybridized carbons (Fsp3) is 0.609. The van der Waals surface area contributed by atoms with Gasteiger partial charge in [-0.25, -0.2) is 14.4 Å². The number of carbonyl (C=O) groups is 3. The van der Waals surface area contributed by atoms with Crippen molar-refractivity contribution in [3.8, 4) is 11.5 Å². The minimum atomic E-state index is -4.19. The first-order valence-corrected chi connectivity index (χ1v) is 14.7. The molecule has 2 unspecified atom stereocenters. The summed E-state index contributed by atoms with van der Waals surface area (Å²) in [4.78, 5) is 41.4. The number of azide groups is 1. The maximum absolute atomic E-state index is 13.8. The first kappa shape index (κ1) is 31.8. The van der Waals surface area contributed by atoms with Gasteiger partial charge in [-0.3, -0.25) is 24.3 Å². The summed E-state index contributed by atoms with van der Waals surface area (Å²) in [6, 6.07) is 3.76. The van der Waals surface area contributed by atoms with Gasteiger partial charge in [-0.1, -0.05) is 28.0 Å². The van der Waals surface area contributed by atoms with E-state index in [-0.39, 0.29) is 24.4 Å². The first-order chi connectivity index (χ1) is 18.9. The van der Waals surface area contributed by atoms with Crippen LogP contribution in [0.25, 0.3) is 10.4 Å². The number of amides is 3. The van der Waals surface area contributed by atoms with Crippen LogP contribution in [0.3, 0.4) is 0 Å². The number of halogens is 1. The number of hydrogen-bond acceptors (Lipinski definition) is 10. The largest absolute Gasteiger partial charge is 0.497 e. The van der Waals surface area contributed by atoms with Crippen LogP contribution < -0.4 is 19.7 Å². The van der Waals surface area contributed by atoms with E-state index in [0.29, 0.717) is 5.75 Å². The molecule has 15 nitrogen and oxygen atoms in total. The fourth-order valence-corrected chi connectivity index (χ4v) is 6.30. The maximum Gasteiger partial charge on any atom is 0.459 e. The Bertz CT molecular complexity index is 1200. The highest BCUT2D eigenvalue weighted by Crippen LogP contribution is 2.46. The van der Waals surface area contributed by atoms with Gasteiger partial charge < -0.3 is 18.7 Å². The minimum absolute atomic E-state index is 0.0322. The second-order valence-electron chi connectivity index (χ2n) is 9.20. The number of ether oxygens (including phenoxy) is 3. The molecule has 0 saturated carbocycles. The number of benzene rings is 1. The lowest BCUT2D eigenvalue weighted by atomic mass is 10.0. The van der Waals surface area contributed by atoms with Crippen LogP contribution in [0, 0.1) is 0 Å². The molecule has 2 saturated heterocycles. The molecule has 0 radical (unpaired) electrons. The number of alkyl halides is 1. The van der Waals surface area contributed by atoms with Gasteiger partial charge in [-0.2, -0.15) is 0 Å². The molecule has 0 aliphatic carbocycles.